The van der Waals surface area contributed by atoms with Gasteiger partial charge >= 0.3 is 0 Å². The van der Waals surface area contributed by atoms with E-state index in [1.165, 1.54) is 12.6 Å². The Morgan fingerprint density at radius 1 is 1.56 bits per heavy atom. The first kappa shape index (κ1) is 12.5. The maximum atomic E-state index is 11.6. The van der Waals surface area contributed by atoms with Crippen molar-refractivity contribution in [1.29, 1.82) is 0 Å². The SMILES string of the molecule is CC(C)CCCCNC(=O)c1cn[nH]c1N. The number of carbonyl (C=O) groups excluding carboxylic acids is 1. The molecular formula is C11H20N4O. The van der Waals surface area contributed by atoms with E-state index >= 15 is 0 Å². The van der Waals surface area contributed by atoms with Gasteiger partial charge in [-0.1, -0.05) is 26.7 Å². The number of nitrogens with two attached hydrogens (primary N) is 1. The highest BCUT2D eigenvalue weighted by Crippen LogP contribution is 2.07. The molecule has 0 aliphatic heterocycles. The Labute approximate surface area is 95.8 Å². The second kappa shape index (κ2) is 6.15. The fraction of sp³-hybridized carbons (Fsp3) is 0.636. The number of nitrogens with one attached hydrogen (secondary N) is 2. The van der Waals surface area contributed by atoms with Gasteiger partial charge in [0.15, 0.2) is 0 Å². The quantitative estimate of drug-likeness (QED) is 0.641. The van der Waals surface area contributed by atoms with E-state index in [2.05, 4.69) is 29.4 Å². The predicted octanol–water partition coefficient (Wildman–Crippen LogP) is 1.55. The molecule has 0 unspecified atom stereocenters. The third-order valence-corrected chi connectivity index (χ3v) is 2.41. The molecule has 5 heteroatoms. The summed E-state index contributed by atoms with van der Waals surface area (Å²) in [4.78, 5) is 11.6. The van der Waals surface area contributed by atoms with Crippen molar-refractivity contribution in [3.63, 3.8) is 0 Å². The van der Waals surface area contributed by atoms with Gasteiger partial charge in [-0.2, -0.15) is 5.10 Å². The van der Waals surface area contributed by atoms with Gasteiger partial charge in [0.2, 0.25) is 0 Å². The first-order valence-electron chi connectivity index (χ1n) is 5.68. The molecule has 4 N–H and O–H groups in total. The minimum absolute atomic E-state index is 0.157. The third-order valence-electron chi connectivity index (χ3n) is 2.41. The summed E-state index contributed by atoms with van der Waals surface area (Å²) >= 11 is 0. The summed E-state index contributed by atoms with van der Waals surface area (Å²) in [6.45, 7) is 5.09. The molecule has 5 nitrogen and oxygen atoms in total. The van der Waals surface area contributed by atoms with Gasteiger partial charge in [-0.05, 0) is 12.3 Å². The van der Waals surface area contributed by atoms with E-state index in [0.717, 1.165) is 18.8 Å². The lowest BCUT2D eigenvalue weighted by molar-refractivity contribution is 0.0954. The van der Waals surface area contributed by atoms with Crippen LogP contribution in [0.5, 0.6) is 0 Å². The van der Waals surface area contributed by atoms with Crippen LogP contribution in [-0.2, 0) is 0 Å². The molecule has 0 atom stereocenters. The Hall–Kier alpha value is -1.52. The number of nitrogens with zero attached hydrogens (tertiary/aromatic N) is 1. The molecule has 0 bridgehead atoms. The van der Waals surface area contributed by atoms with Gasteiger partial charge < -0.3 is 11.1 Å². The minimum Gasteiger partial charge on any atom is -0.383 e. The van der Waals surface area contributed by atoms with E-state index < -0.39 is 0 Å². The molecule has 1 aromatic heterocycles. The molecular weight excluding hydrogens is 204 g/mol. The van der Waals surface area contributed by atoms with E-state index in [0.29, 0.717) is 17.9 Å². The number of hydrogen-bond acceptors (Lipinski definition) is 3. The van der Waals surface area contributed by atoms with Crippen LogP contribution in [0.15, 0.2) is 6.20 Å². The number of aromatic amines is 1. The zero-order valence-corrected chi connectivity index (χ0v) is 9.92. The number of aromatic nitrogens is 2. The Kier molecular flexibility index (Phi) is 4.82. The van der Waals surface area contributed by atoms with Gasteiger partial charge in [-0.15, -0.1) is 0 Å². The largest absolute Gasteiger partial charge is 0.383 e. The summed E-state index contributed by atoms with van der Waals surface area (Å²) in [6, 6.07) is 0. The van der Waals surface area contributed by atoms with E-state index in [9.17, 15) is 4.79 Å². The highest BCUT2D eigenvalue weighted by atomic mass is 16.1. The van der Waals surface area contributed by atoms with Gasteiger partial charge in [-0.3, -0.25) is 9.89 Å². The molecule has 0 saturated heterocycles. The number of amides is 1. The maximum absolute atomic E-state index is 11.6. The van der Waals surface area contributed by atoms with Crippen LogP contribution in [-0.4, -0.2) is 22.6 Å². The topological polar surface area (TPSA) is 83.8 Å². The van der Waals surface area contributed by atoms with Crippen molar-refractivity contribution in [1.82, 2.24) is 15.5 Å². The fourth-order valence-electron chi connectivity index (χ4n) is 1.45. The number of nitrogen functional groups attached to an aromatic ring is 1. The summed E-state index contributed by atoms with van der Waals surface area (Å²) in [7, 11) is 0. The molecule has 0 aliphatic carbocycles. The summed E-state index contributed by atoms with van der Waals surface area (Å²) in [5, 5.41) is 9.05. The van der Waals surface area contributed by atoms with Crippen LogP contribution in [0.3, 0.4) is 0 Å². The van der Waals surface area contributed by atoms with Crippen LogP contribution in [0, 0.1) is 5.92 Å². The van der Waals surface area contributed by atoms with Gasteiger partial charge in [0, 0.05) is 6.54 Å². The van der Waals surface area contributed by atoms with Crippen LogP contribution < -0.4 is 11.1 Å². The van der Waals surface area contributed by atoms with Crippen LogP contribution in [0.4, 0.5) is 5.82 Å². The lowest BCUT2D eigenvalue weighted by Crippen LogP contribution is -2.24. The standard InChI is InChI=1S/C11H20N4O/c1-8(2)5-3-4-6-13-11(16)9-7-14-15-10(9)12/h7-8H,3-6H2,1-2H3,(H,13,16)(H3,12,14,15). The van der Waals surface area contributed by atoms with Crippen LogP contribution in [0.1, 0.15) is 43.5 Å². The van der Waals surface area contributed by atoms with Gasteiger partial charge in [0.1, 0.15) is 11.4 Å². The smallest absolute Gasteiger partial charge is 0.256 e. The summed E-state index contributed by atoms with van der Waals surface area (Å²) in [6.07, 6.45) is 4.78. The van der Waals surface area contributed by atoms with Gasteiger partial charge in [0.25, 0.3) is 5.91 Å². The highest BCUT2D eigenvalue weighted by Gasteiger charge is 2.10. The predicted molar refractivity (Wildman–Crippen MR) is 64.0 cm³/mol. The summed E-state index contributed by atoms with van der Waals surface area (Å²) in [5.41, 5.74) is 5.95. The van der Waals surface area contributed by atoms with Crippen molar-refractivity contribution in [2.75, 3.05) is 12.3 Å². The van der Waals surface area contributed by atoms with Crippen LogP contribution >= 0.6 is 0 Å². The molecule has 1 aromatic rings. The molecule has 16 heavy (non-hydrogen) atoms. The Morgan fingerprint density at radius 3 is 2.88 bits per heavy atom. The minimum atomic E-state index is -0.157. The molecule has 90 valence electrons. The zero-order valence-electron chi connectivity index (χ0n) is 9.92. The van der Waals surface area contributed by atoms with Gasteiger partial charge in [-0.25, -0.2) is 0 Å². The van der Waals surface area contributed by atoms with Crippen molar-refractivity contribution in [2.24, 2.45) is 5.92 Å². The first-order chi connectivity index (χ1) is 7.61. The monoisotopic (exact) mass is 224 g/mol. The second-order valence-electron chi connectivity index (χ2n) is 4.34. The van der Waals surface area contributed by atoms with Gasteiger partial charge in [0.05, 0.1) is 6.20 Å². The van der Waals surface area contributed by atoms with E-state index in [1.807, 2.05) is 0 Å². The average molecular weight is 224 g/mol. The molecule has 0 spiro atoms. The van der Waals surface area contributed by atoms with E-state index in [4.69, 9.17) is 5.73 Å². The van der Waals surface area contributed by atoms with Crippen LogP contribution in [0.25, 0.3) is 0 Å². The number of carbonyl (C=O) groups is 1. The van der Waals surface area contributed by atoms with Crippen molar-refractivity contribution in [3.8, 4) is 0 Å². The molecule has 0 radical (unpaired) electrons. The first-order valence-corrected chi connectivity index (χ1v) is 5.68. The van der Waals surface area contributed by atoms with E-state index in [-0.39, 0.29) is 5.91 Å². The molecule has 0 fully saturated rings. The normalized spacial score (nSPS) is 10.7. The molecule has 0 saturated carbocycles. The van der Waals surface area contributed by atoms with Crippen molar-refractivity contribution in [3.05, 3.63) is 11.8 Å². The lowest BCUT2D eigenvalue weighted by Gasteiger charge is -2.05. The highest BCUT2D eigenvalue weighted by molar-refractivity contribution is 5.97. The Morgan fingerprint density at radius 2 is 2.31 bits per heavy atom. The number of hydrogen-bond donors (Lipinski definition) is 3. The summed E-state index contributed by atoms with van der Waals surface area (Å²) < 4.78 is 0. The zero-order chi connectivity index (χ0) is 12.0. The second-order valence-corrected chi connectivity index (χ2v) is 4.34. The van der Waals surface area contributed by atoms with Crippen LogP contribution in [0.2, 0.25) is 0 Å². The fourth-order valence-corrected chi connectivity index (χ4v) is 1.45. The number of H-pyrrole nitrogens is 1. The number of anilines is 1. The lowest BCUT2D eigenvalue weighted by atomic mass is 10.1. The van der Waals surface area contributed by atoms with Crippen molar-refractivity contribution in [2.45, 2.75) is 33.1 Å². The summed E-state index contributed by atoms with van der Waals surface area (Å²) in [5.74, 6) is 0.885. The molecule has 0 aromatic carbocycles. The molecule has 0 aliphatic rings. The number of unbranched alkanes of at least 4 members (excludes halogenated alkanes) is 1. The van der Waals surface area contributed by atoms with Crippen molar-refractivity contribution >= 4 is 11.7 Å². The Bertz CT molecular complexity index is 332. The average Bonchev–Trinajstić information content (AvgIpc) is 2.63. The molecule has 1 amide bonds. The Balaban J connectivity index is 2.19. The molecule has 1 heterocycles. The number of rotatable bonds is 6. The molecule has 1 rings (SSSR count). The maximum Gasteiger partial charge on any atom is 0.256 e. The van der Waals surface area contributed by atoms with Crippen molar-refractivity contribution < 1.29 is 4.79 Å². The third kappa shape index (κ3) is 3.92. The van der Waals surface area contributed by atoms with E-state index in [1.54, 1.807) is 0 Å².